The molecule has 0 aliphatic heterocycles. The number of nitrogens with one attached hydrogen (secondary N) is 2. The molecule has 1 aliphatic carbocycles. The first-order valence-electron chi connectivity index (χ1n) is 15.6. The van der Waals surface area contributed by atoms with E-state index in [1.165, 1.54) is 19.2 Å². The van der Waals surface area contributed by atoms with Crippen molar-refractivity contribution in [2.24, 2.45) is 17.3 Å². The van der Waals surface area contributed by atoms with Crippen molar-refractivity contribution in [2.75, 3.05) is 12.4 Å². The van der Waals surface area contributed by atoms with Crippen molar-refractivity contribution < 1.29 is 23.1 Å². The Morgan fingerprint density at radius 1 is 1.04 bits per heavy atom. The van der Waals surface area contributed by atoms with Gasteiger partial charge in [0.2, 0.25) is 6.41 Å². The van der Waals surface area contributed by atoms with Crippen LogP contribution < -0.4 is 15.4 Å². The van der Waals surface area contributed by atoms with Crippen LogP contribution in [0.3, 0.4) is 0 Å². The summed E-state index contributed by atoms with van der Waals surface area (Å²) in [6.07, 6.45) is 3.43. The van der Waals surface area contributed by atoms with E-state index in [1.807, 2.05) is 27.7 Å². The molecule has 0 spiro atoms. The van der Waals surface area contributed by atoms with Crippen LogP contribution in [0, 0.1) is 40.2 Å². The van der Waals surface area contributed by atoms with Gasteiger partial charge in [0, 0.05) is 17.5 Å². The number of carbonyl (C=O) groups is 2. The maximum Gasteiger partial charge on any atom is 0.251 e. The second kappa shape index (κ2) is 20.5. The summed E-state index contributed by atoms with van der Waals surface area (Å²) in [4.78, 5) is 22.1. The van der Waals surface area contributed by atoms with Crippen molar-refractivity contribution >= 4 is 41.2 Å². The van der Waals surface area contributed by atoms with E-state index in [-0.39, 0.29) is 50.9 Å². The number of benzene rings is 3. The minimum absolute atomic E-state index is 0.0222. The van der Waals surface area contributed by atoms with Crippen molar-refractivity contribution in [3.8, 4) is 11.8 Å². The zero-order valence-electron chi connectivity index (χ0n) is 28.5. The standard InChI is InChI=1S/C17H21ClFN.C12H16N2O3.C6H4ClF.C2H6/c1-17(2,3)9-11-7-8-12(14(11)10-20)13-5-4-6-15(18)16(13)19;1-8(2)14-12(16)9-4-5-10(13-7-15)11(6-9)17-3;7-5-3-1-2-4-6(5)8;1-2/h4-6,11-12,14H,7-9H2,1-3H3;4-8H,1-3H3,(H,13,15)(H,14,16);1-4H;1-2H3. The van der Waals surface area contributed by atoms with Crippen molar-refractivity contribution in [3.05, 3.63) is 93.5 Å². The van der Waals surface area contributed by atoms with Gasteiger partial charge in [-0.2, -0.15) is 5.26 Å². The van der Waals surface area contributed by atoms with Crippen LogP contribution in [0.5, 0.6) is 5.75 Å². The van der Waals surface area contributed by atoms with E-state index in [4.69, 9.17) is 27.9 Å². The lowest BCUT2D eigenvalue weighted by Crippen LogP contribution is -2.30. The highest BCUT2D eigenvalue weighted by Gasteiger charge is 2.40. The molecular weight excluding hydrogens is 643 g/mol. The van der Waals surface area contributed by atoms with Gasteiger partial charge >= 0.3 is 0 Å². The van der Waals surface area contributed by atoms with Gasteiger partial charge in [0.05, 0.1) is 34.8 Å². The van der Waals surface area contributed by atoms with Crippen molar-refractivity contribution in [2.45, 2.75) is 79.7 Å². The lowest BCUT2D eigenvalue weighted by atomic mass is 9.78. The fraction of sp³-hybridized carbons (Fsp3) is 0.432. The van der Waals surface area contributed by atoms with Crippen LogP contribution in [0.4, 0.5) is 14.5 Å². The molecule has 3 atom stereocenters. The number of amides is 2. The maximum atomic E-state index is 14.2. The lowest BCUT2D eigenvalue weighted by Gasteiger charge is -2.26. The van der Waals surface area contributed by atoms with Gasteiger partial charge in [0.25, 0.3) is 5.91 Å². The first kappa shape index (κ1) is 41.4. The number of rotatable bonds is 7. The Hall–Kier alpha value is -3.67. The number of anilines is 1. The summed E-state index contributed by atoms with van der Waals surface area (Å²) in [5, 5.41) is 15.1. The predicted molar refractivity (Wildman–Crippen MR) is 188 cm³/mol. The number of halogens is 4. The van der Waals surface area contributed by atoms with Gasteiger partial charge in [-0.15, -0.1) is 0 Å². The minimum Gasteiger partial charge on any atom is -0.495 e. The Morgan fingerprint density at radius 3 is 2.19 bits per heavy atom. The van der Waals surface area contributed by atoms with Crippen molar-refractivity contribution in [1.82, 2.24) is 5.32 Å². The summed E-state index contributed by atoms with van der Waals surface area (Å²) in [6, 6.07) is 18.6. The largest absolute Gasteiger partial charge is 0.495 e. The van der Waals surface area contributed by atoms with Gasteiger partial charge in [-0.05, 0) is 86.4 Å². The third kappa shape index (κ3) is 13.5. The van der Waals surface area contributed by atoms with Crippen LogP contribution in [0.2, 0.25) is 10.0 Å². The second-order valence-electron chi connectivity index (χ2n) is 12.2. The molecule has 0 heterocycles. The van der Waals surface area contributed by atoms with E-state index >= 15 is 0 Å². The summed E-state index contributed by atoms with van der Waals surface area (Å²) in [7, 11) is 1.48. The molecule has 2 N–H and O–H groups in total. The molecule has 1 aliphatic rings. The van der Waals surface area contributed by atoms with Crippen LogP contribution in [0.25, 0.3) is 0 Å². The fourth-order valence-electron chi connectivity index (χ4n) is 5.25. The molecule has 0 radical (unpaired) electrons. The second-order valence-corrected chi connectivity index (χ2v) is 13.0. The molecule has 47 heavy (non-hydrogen) atoms. The highest BCUT2D eigenvalue weighted by molar-refractivity contribution is 6.31. The number of hydrogen-bond acceptors (Lipinski definition) is 4. The molecule has 1 fully saturated rings. The monoisotopic (exact) mass is 689 g/mol. The molecule has 6 nitrogen and oxygen atoms in total. The molecular formula is C37H47Cl2F2N3O3. The zero-order chi connectivity index (χ0) is 35.7. The van der Waals surface area contributed by atoms with Crippen LogP contribution in [0.1, 0.15) is 89.6 Å². The summed E-state index contributed by atoms with van der Waals surface area (Å²) in [5.41, 5.74) is 1.83. The molecule has 2 amide bonds. The third-order valence-corrected chi connectivity index (χ3v) is 7.72. The number of nitriles is 1. The van der Waals surface area contributed by atoms with Crippen LogP contribution >= 0.6 is 23.2 Å². The van der Waals surface area contributed by atoms with Crippen molar-refractivity contribution in [1.29, 1.82) is 5.26 Å². The number of hydrogen-bond donors (Lipinski definition) is 2. The van der Waals surface area contributed by atoms with Crippen LogP contribution in [-0.2, 0) is 4.79 Å². The average Bonchev–Trinajstić information content (AvgIpc) is 3.42. The number of carbonyl (C=O) groups excluding carboxylic acids is 2. The van der Waals surface area contributed by atoms with E-state index in [0.717, 1.165) is 19.3 Å². The minimum atomic E-state index is -0.367. The zero-order valence-corrected chi connectivity index (χ0v) is 30.0. The molecule has 3 aromatic rings. The summed E-state index contributed by atoms with van der Waals surface area (Å²) >= 11 is 11.2. The number of methoxy groups -OCH3 is 1. The van der Waals surface area contributed by atoms with E-state index in [1.54, 1.807) is 48.5 Å². The Bertz CT molecular complexity index is 1450. The van der Waals surface area contributed by atoms with E-state index in [0.29, 0.717) is 34.9 Å². The smallest absolute Gasteiger partial charge is 0.251 e. The van der Waals surface area contributed by atoms with Crippen molar-refractivity contribution in [3.63, 3.8) is 0 Å². The van der Waals surface area contributed by atoms with Crippen LogP contribution in [0.15, 0.2) is 60.7 Å². The number of ether oxygens (including phenoxy) is 1. The summed E-state index contributed by atoms with van der Waals surface area (Å²) < 4.78 is 31.5. The molecule has 10 heteroatoms. The highest BCUT2D eigenvalue weighted by Crippen LogP contribution is 2.48. The summed E-state index contributed by atoms with van der Waals surface area (Å²) in [5.74, 6) is -0.217. The van der Waals surface area contributed by atoms with Gasteiger partial charge in [-0.1, -0.05) is 82.1 Å². The molecule has 0 saturated heterocycles. The van der Waals surface area contributed by atoms with Gasteiger partial charge in [0.15, 0.2) is 0 Å². The SMILES string of the molecule is CC.CC(C)(C)CC1CCC(c2cccc(Cl)c2F)C1C#N.COc1cc(C(=O)NC(C)C)ccc1NC=O.Fc1ccccc1Cl. The Balaban J connectivity index is 0.000000369. The molecule has 0 aromatic heterocycles. The average molecular weight is 691 g/mol. The Kier molecular flexibility index (Phi) is 18.1. The molecule has 4 rings (SSSR count). The first-order valence-corrected chi connectivity index (χ1v) is 16.4. The predicted octanol–water partition coefficient (Wildman–Crippen LogP) is 10.5. The van der Waals surface area contributed by atoms with E-state index < -0.39 is 0 Å². The topological polar surface area (TPSA) is 91.2 Å². The van der Waals surface area contributed by atoms with Gasteiger partial charge < -0.3 is 15.4 Å². The molecule has 3 unspecified atom stereocenters. The van der Waals surface area contributed by atoms with E-state index in [2.05, 4.69) is 37.5 Å². The fourth-order valence-corrected chi connectivity index (χ4v) is 5.57. The third-order valence-electron chi connectivity index (χ3n) is 7.12. The lowest BCUT2D eigenvalue weighted by molar-refractivity contribution is -0.105. The van der Waals surface area contributed by atoms with E-state index in [9.17, 15) is 23.6 Å². The van der Waals surface area contributed by atoms with Crippen LogP contribution in [-0.4, -0.2) is 25.5 Å². The highest BCUT2D eigenvalue weighted by atomic mass is 35.5. The summed E-state index contributed by atoms with van der Waals surface area (Å²) in [6.45, 7) is 14.3. The first-order chi connectivity index (χ1) is 22.2. The maximum absolute atomic E-state index is 14.2. The normalized spacial score (nSPS) is 16.6. The van der Waals surface area contributed by atoms with Gasteiger partial charge in [0.1, 0.15) is 17.4 Å². The molecule has 256 valence electrons. The molecule has 3 aromatic carbocycles. The Morgan fingerprint density at radius 2 is 1.68 bits per heavy atom. The van der Waals surface area contributed by atoms with Gasteiger partial charge in [-0.3, -0.25) is 9.59 Å². The number of nitrogens with zero attached hydrogens (tertiary/aromatic N) is 1. The van der Waals surface area contributed by atoms with Gasteiger partial charge in [-0.25, -0.2) is 8.78 Å². The molecule has 1 saturated carbocycles. The molecule has 0 bridgehead atoms. The Labute approximate surface area is 288 Å². The quantitative estimate of drug-likeness (QED) is 0.242.